The van der Waals surface area contributed by atoms with Crippen molar-refractivity contribution >= 4 is 16.9 Å². The highest BCUT2D eigenvalue weighted by Crippen LogP contribution is 2.18. The number of fused-ring (bicyclic) bond motifs is 1. The third-order valence-electron chi connectivity index (χ3n) is 4.55. The number of hydrogen-bond acceptors (Lipinski definition) is 4. The summed E-state index contributed by atoms with van der Waals surface area (Å²) in [5.74, 6) is 0.565. The van der Waals surface area contributed by atoms with E-state index in [9.17, 15) is 4.79 Å². The average Bonchev–Trinajstić information content (AvgIpc) is 3.15. The van der Waals surface area contributed by atoms with Gasteiger partial charge < -0.3 is 10.1 Å². The van der Waals surface area contributed by atoms with Crippen LogP contribution in [0.3, 0.4) is 0 Å². The van der Waals surface area contributed by atoms with Crippen LogP contribution in [0.25, 0.3) is 11.0 Å². The summed E-state index contributed by atoms with van der Waals surface area (Å²) in [6.07, 6.45) is 3.32. The number of ether oxygens (including phenoxy) is 1. The Morgan fingerprint density at radius 3 is 2.68 bits per heavy atom. The number of rotatable bonds is 6. The zero-order chi connectivity index (χ0) is 19.3. The normalized spacial score (nSPS) is 10.8. The summed E-state index contributed by atoms with van der Waals surface area (Å²) >= 11 is 0. The van der Waals surface area contributed by atoms with Crippen molar-refractivity contribution in [2.75, 3.05) is 7.11 Å². The SMILES string of the molecule is COc1ccccc1CNC(=O)c1cnc2c(cnn2Cc2ccccc2)c1. The molecule has 6 heteroatoms. The van der Waals surface area contributed by atoms with Gasteiger partial charge in [-0.15, -0.1) is 0 Å². The van der Waals surface area contributed by atoms with Crippen LogP contribution in [0.2, 0.25) is 0 Å². The lowest BCUT2D eigenvalue weighted by Gasteiger charge is -2.09. The van der Waals surface area contributed by atoms with E-state index in [1.54, 1.807) is 19.5 Å². The molecule has 140 valence electrons. The van der Waals surface area contributed by atoms with Gasteiger partial charge in [-0.2, -0.15) is 5.10 Å². The van der Waals surface area contributed by atoms with Crippen LogP contribution in [0, 0.1) is 0 Å². The highest BCUT2D eigenvalue weighted by Gasteiger charge is 2.11. The smallest absolute Gasteiger partial charge is 0.253 e. The molecule has 0 saturated carbocycles. The number of carbonyl (C=O) groups excluding carboxylic acids is 1. The molecule has 0 saturated heterocycles. The molecule has 2 aromatic heterocycles. The molecule has 28 heavy (non-hydrogen) atoms. The minimum atomic E-state index is -0.184. The van der Waals surface area contributed by atoms with Gasteiger partial charge in [0.1, 0.15) is 5.75 Å². The third-order valence-corrected chi connectivity index (χ3v) is 4.55. The molecule has 1 N–H and O–H groups in total. The minimum Gasteiger partial charge on any atom is -0.496 e. The van der Waals surface area contributed by atoms with Crippen molar-refractivity contribution in [2.45, 2.75) is 13.1 Å². The highest BCUT2D eigenvalue weighted by atomic mass is 16.5. The molecular weight excluding hydrogens is 352 g/mol. The quantitative estimate of drug-likeness (QED) is 0.563. The van der Waals surface area contributed by atoms with E-state index >= 15 is 0 Å². The van der Waals surface area contributed by atoms with Gasteiger partial charge in [0.15, 0.2) is 5.65 Å². The van der Waals surface area contributed by atoms with Crippen molar-refractivity contribution in [3.8, 4) is 5.75 Å². The van der Waals surface area contributed by atoms with Gasteiger partial charge in [-0.1, -0.05) is 48.5 Å². The average molecular weight is 372 g/mol. The van der Waals surface area contributed by atoms with E-state index < -0.39 is 0 Å². The summed E-state index contributed by atoms with van der Waals surface area (Å²) in [6.45, 7) is 1.02. The van der Waals surface area contributed by atoms with Gasteiger partial charge in [0.2, 0.25) is 0 Å². The van der Waals surface area contributed by atoms with E-state index in [2.05, 4.69) is 15.4 Å². The minimum absolute atomic E-state index is 0.184. The lowest BCUT2D eigenvalue weighted by atomic mass is 10.2. The predicted octanol–water partition coefficient (Wildman–Crippen LogP) is 3.42. The molecular formula is C22H20N4O2. The number of para-hydroxylation sites is 1. The van der Waals surface area contributed by atoms with E-state index in [0.29, 0.717) is 18.7 Å². The highest BCUT2D eigenvalue weighted by molar-refractivity contribution is 5.96. The Hall–Kier alpha value is -3.67. The number of benzene rings is 2. The molecule has 2 aromatic carbocycles. The molecule has 1 amide bonds. The second-order valence-electron chi connectivity index (χ2n) is 6.42. The van der Waals surface area contributed by atoms with Crippen molar-refractivity contribution in [3.63, 3.8) is 0 Å². The fraction of sp³-hybridized carbons (Fsp3) is 0.136. The van der Waals surface area contributed by atoms with Gasteiger partial charge in [0.25, 0.3) is 5.91 Å². The topological polar surface area (TPSA) is 69.0 Å². The van der Waals surface area contributed by atoms with E-state index in [4.69, 9.17) is 4.74 Å². The van der Waals surface area contributed by atoms with Crippen LogP contribution >= 0.6 is 0 Å². The fourth-order valence-corrected chi connectivity index (χ4v) is 3.09. The summed E-state index contributed by atoms with van der Waals surface area (Å²) in [4.78, 5) is 17.0. The van der Waals surface area contributed by atoms with Crippen LogP contribution in [0.1, 0.15) is 21.5 Å². The van der Waals surface area contributed by atoms with Gasteiger partial charge in [-0.3, -0.25) is 4.79 Å². The summed E-state index contributed by atoms with van der Waals surface area (Å²) in [5.41, 5.74) is 3.32. The van der Waals surface area contributed by atoms with Crippen molar-refractivity contribution < 1.29 is 9.53 Å². The zero-order valence-corrected chi connectivity index (χ0v) is 15.5. The Morgan fingerprint density at radius 1 is 1.07 bits per heavy atom. The molecule has 0 fully saturated rings. The van der Waals surface area contributed by atoms with Crippen LogP contribution in [0.5, 0.6) is 5.75 Å². The number of nitrogens with one attached hydrogen (secondary N) is 1. The Kier molecular flexibility index (Phi) is 5.01. The van der Waals surface area contributed by atoms with E-state index in [0.717, 1.165) is 27.9 Å². The Balaban J connectivity index is 1.49. The summed E-state index contributed by atoms with van der Waals surface area (Å²) < 4.78 is 7.15. The Bertz CT molecular complexity index is 1110. The number of amides is 1. The molecule has 4 aromatic rings. The van der Waals surface area contributed by atoms with E-state index in [1.165, 1.54) is 0 Å². The molecule has 0 aliphatic rings. The molecule has 0 aliphatic carbocycles. The first kappa shape index (κ1) is 17.7. The maximum Gasteiger partial charge on any atom is 0.253 e. The van der Waals surface area contributed by atoms with Crippen LogP contribution < -0.4 is 10.1 Å². The van der Waals surface area contributed by atoms with Crippen molar-refractivity contribution in [2.24, 2.45) is 0 Å². The lowest BCUT2D eigenvalue weighted by molar-refractivity contribution is 0.0950. The van der Waals surface area contributed by atoms with E-state index in [-0.39, 0.29) is 5.91 Å². The zero-order valence-electron chi connectivity index (χ0n) is 15.5. The number of methoxy groups -OCH3 is 1. The third kappa shape index (κ3) is 3.71. The number of nitrogens with zero attached hydrogens (tertiary/aromatic N) is 3. The van der Waals surface area contributed by atoms with E-state index in [1.807, 2.05) is 65.3 Å². The molecule has 6 nitrogen and oxygen atoms in total. The second-order valence-corrected chi connectivity index (χ2v) is 6.42. The fourth-order valence-electron chi connectivity index (χ4n) is 3.09. The van der Waals surface area contributed by atoms with Gasteiger partial charge in [0.05, 0.1) is 25.4 Å². The number of pyridine rings is 1. The van der Waals surface area contributed by atoms with Crippen LogP contribution in [0.15, 0.2) is 73.1 Å². The first-order valence-corrected chi connectivity index (χ1v) is 9.00. The first-order valence-electron chi connectivity index (χ1n) is 9.00. The van der Waals surface area contributed by atoms with Gasteiger partial charge in [-0.25, -0.2) is 9.67 Å². The van der Waals surface area contributed by atoms with Crippen molar-refractivity contribution in [1.29, 1.82) is 0 Å². The van der Waals surface area contributed by atoms with Crippen LogP contribution in [-0.4, -0.2) is 27.8 Å². The molecule has 0 unspecified atom stereocenters. The second kappa shape index (κ2) is 7.92. The number of hydrogen-bond donors (Lipinski definition) is 1. The maximum atomic E-state index is 12.5. The molecule has 0 aliphatic heterocycles. The molecule has 0 atom stereocenters. The summed E-state index contributed by atoms with van der Waals surface area (Å²) in [6, 6.07) is 19.5. The first-order chi connectivity index (χ1) is 13.7. The number of carbonyl (C=O) groups is 1. The van der Waals surface area contributed by atoms with Gasteiger partial charge >= 0.3 is 0 Å². The molecule has 0 bridgehead atoms. The van der Waals surface area contributed by atoms with Crippen molar-refractivity contribution in [3.05, 3.63) is 89.7 Å². The molecule has 0 spiro atoms. The van der Waals surface area contributed by atoms with Crippen molar-refractivity contribution in [1.82, 2.24) is 20.1 Å². The van der Waals surface area contributed by atoms with Gasteiger partial charge in [-0.05, 0) is 17.7 Å². The lowest BCUT2D eigenvalue weighted by Crippen LogP contribution is -2.23. The van der Waals surface area contributed by atoms with Crippen LogP contribution in [-0.2, 0) is 13.1 Å². The summed E-state index contributed by atoms with van der Waals surface area (Å²) in [5, 5.41) is 8.16. The number of aromatic nitrogens is 3. The Labute approximate surface area is 162 Å². The molecule has 4 rings (SSSR count). The molecule has 2 heterocycles. The maximum absolute atomic E-state index is 12.5. The monoisotopic (exact) mass is 372 g/mol. The largest absolute Gasteiger partial charge is 0.496 e. The Morgan fingerprint density at radius 2 is 1.86 bits per heavy atom. The standard InChI is InChI=1S/C22H20N4O2/c1-28-20-10-6-5-9-17(20)12-24-22(27)19-11-18-14-25-26(21(18)23-13-19)15-16-7-3-2-4-8-16/h2-11,13-14H,12,15H2,1H3,(H,24,27). The van der Waals surface area contributed by atoms with Crippen LogP contribution in [0.4, 0.5) is 0 Å². The summed E-state index contributed by atoms with van der Waals surface area (Å²) in [7, 11) is 1.62. The predicted molar refractivity (Wildman–Crippen MR) is 107 cm³/mol. The van der Waals surface area contributed by atoms with Gasteiger partial charge in [0, 0.05) is 23.7 Å². The molecule has 0 radical (unpaired) electrons.